The van der Waals surface area contributed by atoms with Crippen molar-refractivity contribution in [3.63, 3.8) is 0 Å². The van der Waals surface area contributed by atoms with Crippen LogP contribution < -0.4 is 0 Å². The number of nitrogens with zero attached hydrogens (tertiary/aromatic N) is 4. The van der Waals surface area contributed by atoms with Gasteiger partial charge in [0.05, 0.1) is 16.9 Å². The number of imidazole rings is 1. The minimum Gasteiger partial charge on any atom is -0.290 e. The van der Waals surface area contributed by atoms with Crippen molar-refractivity contribution in [3.05, 3.63) is 95.6 Å². The number of benzene rings is 2. The number of fused-ring (bicyclic) bond motifs is 14. The average molecular weight is 396 g/mol. The van der Waals surface area contributed by atoms with Gasteiger partial charge in [-0.15, -0.1) is 0 Å². The molecule has 0 saturated heterocycles. The van der Waals surface area contributed by atoms with Crippen LogP contribution in [0.3, 0.4) is 0 Å². The van der Waals surface area contributed by atoms with Gasteiger partial charge in [-0.2, -0.15) is 0 Å². The molecule has 0 unspecified atom stereocenters. The van der Waals surface area contributed by atoms with Crippen LogP contribution in [0.15, 0.2) is 73.2 Å². The second-order valence-corrected chi connectivity index (χ2v) is 8.49. The lowest BCUT2D eigenvalue weighted by atomic mass is 9.97. The van der Waals surface area contributed by atoms with Crippen molar-refractivity contribution < 1.29 is 0 Å². The first-order valence-electron chi connectivity index (χ1n) is 10.6. The molecule has 0 atom stereocenters. The van der Waals surface area contributed by atoms with Gasteiger partial charge in [0.2, 0.25) is 0 Å². The summed E-state index contributed by atoms with van der Waals surface area (Å²) in [6.45, 7) is 0. The van der Waals surface area contributed by atoms with E-state index >= 15 is 0 Å². The third-order valence-corrected chi connectivity index (χ3v) is 7.00. The summed E-state index contributed by atoms with van der Waals surface area (Å²) >= 11 is 0. The van der Waals surface area contributed by atoms with E-state index in [9.17, 15) is 0 Å². The molecule has 0 spiro atoms. The summed E-state index contributed by atoms with van der Waals surface area (Å²) in [5, 5.41) is 2.21. The average Bonchev–Trinajstić information content (AvgIpc) is 3.48. The summed E-state index contributed by atoms with van der Waals surface area (Å²) in [7, 11) is 0. The summed E-state index contributed by atoms with van der Waals surface area (Å²) in [6, 6.07) is 19.6. The minimum absolute atomic E-state index is 0.879. The normalized spacial score (nSPS) is 13.5. The van der Waals surface area contributed by atoms with Crippen LogP contribution in [0, 0.1) is 0 Å². The topological polar surface area (TPSA) is 43.1 Å². The fourth-order valence-corrected chi connectivity index (χ4v) is 5.71. The number of rotatable bonds is 0. The molecule has 4 heterocycles. The van der Waals surface area contributed by atoms with Crippen LogP contribution in [-0.4, -0.2) is 19.4 Å². The summed E-state index contributed by atoms with van der Waals surface area (Å²) in [6.07, 6.45) is 7.55. The molecule has 2 aliphatic rings. The highest BCUT2D eigenvalue weighted by Gasteiger charge is 2.31. The molecule has 4 nitrogen and oxygen atoms in total. The maximum atomic E-state index is 5.14. The Labute approximate surface area is 177 Å². The molecule has 2 aromatic carbocycles. The minimum atomic E-state index is 0.879. The highest BCUT2D eigenvalue weighted by molar-refractivity contribution is 6.10. The molecule has 0 radical (unpaired) electrons. The molecule has 0 aliphatic heterocycles. The van der Waals surface area contributed by atoms with Crippen LogP contribution in [0.25, 0.3) is 49.8 Å². The van der Waals surface area contributed by atoms with Gasteiger partial charge in [-0.25, -0.2) is 4.98 Å². The lowest BCUT2D eigenvalue weighted by molar-refractivity contribution is 1.12. The van der Waals surface area contributed by atoms with E-state index in [0.717, 1.165) is 46.0 Å². The lowest BCUT2D eigenvalue weighted by Crippen LogP contribution is -1.97. The summed E-state index contributed by atoms with van der Waals surface area (Å²) < 4.78 is 2.31. The van der Waals surface area contributed by atoms with E-state index in [1.807, 2.05) is 24.7 Å². The molecular formula is C27H16N4. The molecule has 0 amide bonds. The van der Waals surface area contributed by atoms with Crippen molar-refractivity contribution in [3.8, 4) is 22.4 Å². The molecule has 4 aromatic heterocycles. The van der Waals surface area contributed by atoms with Crippen molar-refractivity contribution in [2.45, 2.75) is 12.8 Å². The molecule has 0 bridgehead atoms. The fraction of sp³-hybridized carbons (Fsp3) is 0.0741. The first-order chi connectivity index (χ1) is 15.4. The lowest BCUT2D eigenvalue weighted by Gasteiger charge is -2.12. The van der Waals surface area contributed by atoms with Gasteiger partial charge in [-0.3, -0.25) is 14.4 Å². The Morgan fingerprint density at radius 3 is 2.65 bits per heavy atom. The molecule has 144 valence electrons. The van der Waals surface area contributed by atoms with Crippen LogP contribution in [0.5, 0.6) is 0 Å². The van der Waals surface area contributed by atoms with E-state index in [1.165, 1.54) is 39.1 Å². The molecule has 31 heavy (non-hydrogen) atoms. The van der Waals surface area contributed by atoms with Gasteiger partial charge in [0.15, 0.2) is 5.65 Å². The number of hydrogen-bond donors (Lipinski definition) is 0. The Bertz CT molecular complexity index is 1740. The molecule has 0 N–H and O–H groups in total. The monoisotopic (exact) mass is 396 g/mol. The van der Waals surface area contributed by atoms with Crippen LogP contribution in [0.4, 0.5) is 0 Å². The second kappa shape index (κ2) is 5.35. The first-order valence-corrected chi connectivity index (χ1v) is 10.6. The van der Waals surface area contributed by atoms with Gasteiger partial charge in [0.25, 0.3) is 0 Å². The fourth-order valence-electron chi connectivity index (χ4n) is 5.71. The van der Waals surface area contributed by atoms with E-state index in [1.54, 1.807) is 0 Å². The first kappa shape index (κ1) is 15.7. The zero-order chi connectivity index (χ0) is 20.1. The SMILES string of the molecule is c1ccc2c(c1)Cc1c-2ccc2c1Cc1nc3c4ncccc4c4cnccc4n3c1-2. The largest absolute Gasteiger partial charge is 0.290 e. The molecule has 4 heteroatoms. The van der Waals surface area contributed by atoms with Crippen LogP contribution in [0.1, 0.15) is 22.4 Å². The van der Waals surface area contributed by atoms with Gasteiger partial charge in [-0.05, 0) is 46.4 Å². The maximum Gasteiger partial charge on any atom is 0.164 e. The molecule has 0 fully saturated rings. The van der Waals surface area contributed by atoms with Crippen LogP contribution in [0.2, 0.25) is 0 Å². The maximum absolute atomic E-state index is 5.14. The number of aromatic nitrogens is 4. The second-order valence-electron chi connectivity index (χ2n) is 8.49. The van der Waals surface area contributed by atoms with Gasteiger partial charge in [0.1, 0.15) is 5.52 Å². The van der Waals surface area contributed by atoms with Crippen molar-refractivity contribution in [2.24, 2.45) is 0 Å². The smallest absolute Gasteiger partial charge is 0.164 e. The predicted octanol–water partition coefficient (Wildman–Crippen LogP) is 5.57. The Kier molecular flexibility index (Phi) is 2.72. The van der Waals surface area contributed by atoms with Gasteiger partial charge >= 0.3 is 0 Å². The Hall–Kier alpha value is -4.05. The number of hydrogen-bond acceptors (Lipinski definition) is 3. The quantitative estimate of drug-likeness (QED) is 0.315. The Morgan fingerprint density at radius 2 is 1.65 bits per heavy atom. The van der Waals surface area contributed by atoms with E-state index in [-0.39, 0.29) is 0 Å². The van der Waals surface area contributed by atoms with Gasteiger partial charge < -0.3 is 0 Å². The van der Waals surface area contributed by atoms with Gasteiger partial charge in [-0.1, -0.05) is 42.5 Å². The van der Waals surface area contributed by atoms with E-state index in [2.05, 4.69) is 57.9 Å². The summed E-state index contributed by atoms with van der Waals surface area (Å²) in [5.74, 6) is 0. The standard InChI is InChI=1S/C27H16N4/c1-2-5-16-15(4-1)12-20-17(16)7-8-19-21(20)13-23-26(19)31-24-9-11-28-14-22(24)18-6-3-10-29-25(18)27(31)30-23/h1-11,14H,12-13H2. The van der Waals surface area contributed by atoms with E-state index in [0.29, 0.717) is 0 Å². The molecule has 8 rings (SSSR count). The summed E-state index contributed by atoms with van der Waals surface area (Å²) in [4.78, 5) is 14.2. The Balaban J connectivity index is 1.49. The van der Waals surface area contributed by atoms with Crippen molar-refractivity contribution in [1.29, 1.82) is 0 Å². The van der Waals surface area contributed by atoms with Crippen molar-refractivity contribution >= 4 is 27.5 Å². The van der Waals surface area contributed by atoms with E-state index in [4.69, 9.17) is 9.97 Å². The van der Waals surface area contributed by atoms with Crippen LogP contribution in [-0.2, 0) is 12.8 Å². The summed E-state index contributed by atoms with van der Waals surface area (Å²) in [5.41, 5.74) is 13.8. The van der Waals surface area contributed by atoms with Crippen molar-refractivity contribution in [2.75, 3.05) is 0 Å². The molecule has 6 aromatic rings. The molecule has 2 aliphatic carbocycles. The zero-order valence-corrected chi connectivity index (χ0v) is 16.6. The van der Waals surface area contributed by atoms with E-state index < -0.39 is 0 Å². The number of pyridine rings is 3. The highest BCUT2D eigenvalue weighted by Crippen LogP contribution is 2.47. The Morgan fingerprint density at radius 1 is 0.742 bits per heavy atom. The van der Waals surface area contributed by atoms with Crippen LogP contribution >= 0.6 is 0 Å². The zero-order valence-electron chi connectivity index (χ0n) is 16.6. The highest BCUT2D eigenvalue weighted by atomic mass is 15.1. The third-order valence-electron chi connectivity index (χ3n) is 7.00. The van der Waals surface area contributed by atoms with Crippen molar-refractivity contribution in [1.82, 2.24) is 19.4 Å². The predicted molar refractivity (Wildman–Crippen MR) is 122 cm³/mol. The third kappa shape index (κ3) is 1.84. The molecular weight excluding hydrogens is 380 g/mol. The molecule has 0 saturated carbocycles. The van der Waals surface area contributed by atoms with Gasteiger partial charge in [0, 0.05) is 41.3 Å².